The van der Waals surface area contributed by atoms with Gasteiger partial charge in [0.25, 0.3) is 0 Å². The van der Waals surface area contributed by atoms with Crippen molar-refractivity contribution >= 4 is 16.9 Å². The quantitative estimate of drug-likeness (QED) is 0.799. The zero-order valence-corrected chi connectivity index (χ0v) is 13.7. The third-order valence-corrected chi connectivity index (χ3v) is 5.26. The monoisotopic (exact) mass is 306 g/mol. The van der Waals surface area contributed by atoms with Gasteiger partial charge in [-0.3, -0.25) is 0 Å². The summed E-state index contributed by atoms with van der Waals surface area (Å²) < 4.78 is 0. The van der Waals surface area contributed by atoms with Crippen LogP contribution in [0.3, 0.4) is 0 Å². The largest absolute Gasteiger partial charge is 0.354 e. The Morgan fingerprint density at radius 2 is 1.91 bits per heavy atom. The first-order valence-electron chi connectivity index (χ1n) is 8.39. The predicted molar refractivity (Wildman–Crippen MR) is 93.9 cm³/mol. The van der Waals surface area contributed by atoms with Crippen molar-refractivity contribution in [3.8, 4) is 0 Å². The lowest BCUT2D eigenvalue weighted by molar-refractivity contribution is 0.317. The summed E-state index contributed by atoms with van der Waals surface area (Å²) in [4.78, 5) is 14.6. The maximum atomic E-state index is 4.60. The van der Waals surface area contributed by atoms with E-state index >= 15 is 0 Å². The Kier molecular flexibility index (Phi) is 3.33. The summed E-state index contributed by atoms with van der Waals surface area (Å²) in [5, 5.41) is 1.19. The first-order chi connectivity index (χ1) is 11.3. The Morgan fingerprint density at radius 1 is 1.13 bits per heavy atom. The molecule has 3 aromatic rings. The molecular weight excluding hydrogens is 284 g/mol. The van der Waals surface area contributed by atoms with Gasteiger partial charge >= 0.3 is 0 Å². The molecule has 118 valence electrons. The van der Waals surface area contributed by atoms with E-state index in [0.29, 0.717) is 0 Å². The van der Waals surface area contributed by atoms with Gasteiger partial charge in [-0.15, -0.1) is 0 Å². The lowest BCUT2D eigenvalue weighted by atomic mass is 9.71. The molecule has 1 N–H and O–H groups in total. The summed E-state index contributed by atoms with van der Waals surface area (Å²) in [7, 11) is 0. The molecule has 0 spiro atoms. The number of hydrogen-bond acceptors (Lipinski definition) is 3. The van der Waals surface area contributed by atoms with E-state index < -0.39 is 0 Å². The number of anilines is 1. The Hall–Kier alpha value is -2.36. The summed E-state index contributed by atoms with van der Waals surface area (Å²) in [5.41, 5.74) is 3.93. The normalized spacial score (nSPS) is 16.5. The number of H-pyrrole nitrogens is 1. The Balaban J connectivity index is 1.69. The second-order valence-electron chi connectivity index (χ2n) is 6.44. The number of nitrogens with one attached hydrogen (secondary N) is 1. The number of aromatic amines is 1. The molecule has 1 aromatic carbocycles. The fourth-order valence-corrected chi connectivity index (χ4v) is 3.76. The zero-order valence-electron chi connectivity index (χ0n) is 13.7. The molecule has 0 saturated carbocycles. The van der Waals surface area contributed by atoms with E-state index in [4.69, 9.17) is 0 Å². The molecule has 0 amide bonds. The molecule has 1 aliphatic rings. The molecule has 4 rings (SSSR count). The molecule has 4 nitrogen and oxygen atoms in total. The van der Waals surface area contributed by atoms with E-state index in [1.165, 1.54) is 16.5 Å². The molecule has 1 aliphatic heterocycles. The fourth-order valence-electron chi connectivity index (χ4n) is 3.76. The number of rotatable bonds is 4. The topological polar surface area (TPSA) is 44.8 Å². The van der Waals surface area contributed by atoms with Crippen molar-refractivity contribution in [1.29, 1.82) is 0 Å². The van der Waals surface area contributed by atoms with Gasteiger partial charge in [0.2, 0.25) is 0 Å². The second-order valence-corrected chi connectivity index (χ2v) is 6.44. The Morgan fingerprint density at radius 3 is 2.61 bits per heavy atom. The zero-order chi connectivity index (χ0) is 15.9. The summed E-state index contributed by atoms with van der Waals surface area (Å²) in [6, 6.07) is 10.9. The minimum Gasteiger partial charge on any atom is -0.354 e. The van der Waals surface area contributed by atoms with Gasteiger partial charge in [0, 0.05) is 24.7 Å². The second kappa shape index (κ2) is 5.37. The highest BCUT2D eigenvalue weighted by Gasteiger charge is 2.44. The molecule has 3 heterocycles. The van der Waals surface area contributed by atoms with Crippen LogP contribution in [0.4, 0.5) is 5.82 Å². The van der Waals surface area contributed by atoms with Crippen molar-refractivity contribution in [3.63, 3.8) is 0 Å². The van der Waals surface area contributed by atoms with Crippen molar-refractivity contribution in [1.82, 2.24) is 15.0 Å². The molecular formula is C19H22N4. The lowest BCUT2D eigenvalue weighted by Gasteiger charge is -2.51. The van der Waals surface area contributed by atoms with E-state index in [1.807, 2.05) is 0 Å². The van der Waals surface area contributed by atoms with Gasteiger partial charge in [-0.1, -0.05) is 44.2 Å². The molecule has 0 aliphatic carbocycles. The third kappa shape index (κ3) is 2.12. The van der Waals surface area contributed by atoms with Gasteiger partial charge in [-0.2, -0.15) is 0 Å². The molecule has 4 heteroatoms. The van der Waals surface area contributed by atoms with Crippen LogP contribution < -0.4 is 4.90 Å². The highest BCUT2D eigenvalue weighted by Crippen LogP contribution is 2.41. The molecule has 0 unspecified atom stereocenters. The van der Waals surface area contributed by atoms with Crippen LogP contribution >= 0.6 is 0 Å². The molecule has 0 bridgehead atoms. The van der Waals surface area contributed by atoms with E-state index in [9.17, 15) is 0 Å². The van der Waals surface area contributed by atoms with Crippen molar-refractivity contribution in [3.05, 3.63) is 54.0 Å². The maximum Gasteiger partial charge on any atom is 0.143 e. The van der Waals surface area contributed by atoms with Crippen molar-refractivity contribution in [2.75, 3.05) is 18.0 Å². The van der Waals surface area contributed by atoms with Crippen molar-refractivity contribution < 1.29 is 0 Å². The van der Waals surface area contributed by atoms with Gasteiger partial charge in [0.05, 0.1) is 5.39 Å². The maximum absolute atomic E-state index is 4.60. The van der Waals surface area contributed by atoms with Crippen LogP contribution in [0.5, 0.6) is 0 Å². The average molecular weight is 306 g/mol. The van der Waals surface area contributed by atoms with E-state index in [1.54, 1.807) is 6.33 Å². The predicted octanol–water partition coefficient (Wildman–Crippen LogP) is 3.69. The number of nitrogens with zero attached hydrogens (tertiary/aromatic N) is 3. The van der Waals surface area contributed by atoms with E-state index in [2.05, 4.69) is 70.2 Å². The summed E-state index contributed by atoms with van der Waals surface area (Å²) >= 11 is 0. The number of aryl methyl sites for hydroxylation is 1. The summed E-state index contributed by atoms with van der Waals surface area (Å²) in [6.07, 6.45) is 5.87. The molecule has 0 atom stereocenters. The minimum atomic E-state index is 0.251. The molecule has 1 saturated heterocycles. The minimum absolute atomic E-state index is 0.251. The van der Waals surface area contributed by atoms with Crippen LogP contribution in [-0.2, 0) is 11.8 Å². The number of fused-ring (bicyclic) bond motifs is 1. The smallest absolute Gasteiger partial charge is 0.143 e. The SMILES string of the molecule is CCc1c[nH]c2ncnc(N3CC(CC)(c4ccccc4)C3)c12. The van der Waals surface area contributed by atoms with Crippen molar-refractivity contribution in [2.45, 2.75) is 32.1 Å². The Bertz CT molecular complexity index is 816. The van der Waals surface area contributed by atoms with Gasteiger partial charge < -0.3 is 9.88 Å². The highest BCUT2D eigenvalue weighted by atomic mass is 15.3. The molecule has 1 fully saturated rings. The van der Waals surface area contributed by atoms with Crippen LogP contribution in [0, 0.1) is 0 Å². The number of aromatic nitrogens is 3. The highest BCUT2D eigenvalue weighted by molar-refractivity contribution is 5.91. The summed E-state index contributed by atoms with van der Waals surface area (Å²) in [5.74, 6) is 1.08. The van der Waals surface area contributed by atoms with Crippen LogP contribution in [0.2, 0.25) is 0 Å². The lowest BCUT2D eigenvalue weighted by Crippen LogP contribution is -2.59. The van der Waals surface area contributed by atoms with Gasteiger partial charge in [-0.25, -0.2) is 9.97 Å². The Labute approximate surface area is 136 Å². The van der Waals surface area contributed by atoms with Gasteiger partial charge in [-0.05, 0) is 24.0 Å². The van der Waals surface area contributed by atoms with Crippen molar-refractivity contribution in [2.24, 2.45) is 0 Å². The van der Waals surface area contributed by atoms with Gasteiger partial charge in [0.1, 0.15) is 17.8 Å². The first kappa shape index (κ1) is 14.2. The molecule has 0 radical (unpaired) electrons. The fraction of sp³-hybridized carbons (Fsp3) is 0.368. The summed E-state index contributed by atoms with van der Waals surface area (Å²) in [6.45, 7) is 6.51. The van der Waals surface area contributed by atoms with Crippen LogP contribution in [0.25, 0.3) is 11.0 Å². The standard InChI is InChI=1S/C19H22N4/c1-3-14-10-20-17-16(14)18(22-13-21-17)23-11-19(4-2,12-23)15-8-6-5-7-9-15/h5-10,13H,3-4,11-12H2,1-2H3,(H,20,21,22). The van der Waals surface area contributed by atoms with Crippen LogP contribution in [0.1, 0.15) is 31.4 Å². The van der Waals surface area contributed by atoms with Crippen LogP contribution in [0.15, 0.2) is 42.9 Å². The van der Waals surface area contributed by atoms with Crippen LogP contribution in [-0.4, -0.2) is 28.0 Å². The average Bonchev–Trinajstić information content (AvgIpc) is 2.99. The molecule has 23 heavy (non-hydrogen) atoms. The van der Waals surface area contributed by atoms with E-state index in [0.717, 1.165) is 37.4 Å². The van der Waals surface area contributed by atoms with Gasteiger partial charge in [0.15, 0.2) is 0 Å². The molecule has 2 aromatic heterocycles. The first-order valence-corrected chi connectivity index (χ1v) is 8.39. The van der Waals surface area contributed by atoms with E-state index in [-0.39, 0.29) is 5.41 Å². The number of hydrogen-bond donors (Lipinski definition) is 1. The number of benzene rings is 1. The third-order valence-electron chi connectivity index (χ3n) is 5.26.